The van der Waals surface area contributed by atoms with Gasteiger partial charge in [-0.3, -0.25) is 0 Å². The van der Waals surface area contributed by atoms with E-state index in [1.807, 2.05) is 13.8 Å². The van der Waals surface area contributed by atoms with Gasteiger partial charge in [0.15, 0.2) is 0 Å². The second kappa shape index (κ2) is 5.40. The molecule has 1 aliphatic heterocycles. The summed E-state index contributed by atoms with van der Waals surface area (Å²) in [5.41, 5.74) is 0. The van der Waals surface area contributed by atoms with Crippen LogP contribution >= 0.6 is 0 Å². The number of rotatable bonds is 4. The van der Waals surface area contributed by atoms with Gasteiger partial charge in [-0.2, -0.15) is 17.4 Å². The first kappa shape index (κ1) is 13.5. The third-order valence-corrected chi connectivity index (χ3v) is 4.22. The highest BCUT2D eigenvalue weighted by molar-refractivity contribution is 7.87. The van der Waals surface area contributed by atoms with Gasteiger partial charge in [0.2, 0.25) is 0 Å². The fourth-order valence-electron chi connectivity index (χ4n) is 1.99. The summed E-state index contributed by atoms with van der Waals surface area (Å²) in [6.07, 6.45) is 1.34. The van der Waals surface area contributed by atoms with Crippen molar-refractivity contribution >= 4 is 10.2 Å². The Kier molecular flexibility index (Phi) is 4.06. The molecular formula is C11H18N2O4S. The molecule has 0 aliphatic carbocycles. The quantitative estimate of drug-likeness (QED) is 0.878. The largest absolute Gasteiger partial charge is 0.468 e. The fraction of sp³-hybridized carbons (Fsp3) is 0.636. The number of nitrogens with zero attached hydrogens (tertiary/aromatic N) is 1. The fourth-order valence-corrected chi connectivity index (χ4v) is 3.31. The number of hydrogen-bond acceptors (Lipinski definition) is 4. The molecule has 1 N–H and O–H groups in total. The lowest BCUT2D eigenvalue weighted by Gasteiger charge is -2.34. The van der Waals surface area contributed by atoms with Crippen molar-refractivity contribution in [3.63, 3.8) is 0 Å². The highest BCUT2D eigenvalue weighted by atomic mass is 32.2. The van der Waals surface area contributed by atoms with E-state index in [0.29, 0.717) is 18.8 Å². The zero-order valence-corrected chi connectivity index (χ0v) is 11.3. The molecule has 0 bridgehead atoms. The Morgan fingerprint density at radius 1 is 1.39 bits per heavy atom. The van der Waals surface area contributed by atoms with Crippen molar-refractivity contribution in [1.82, 2.24) is 9.03 Å². The molecule has 6 nitrogen and oxygen atoms in total. The van der Waals surface area contributed by atoms with Crippen LogP contribution in [-0.4, -0.2) is 38.0 Å². The van der Waals surface area contributed by atoms with Gasteiger partial charge in [-0.1, -0.05) is 0 Å². The van der Waals surface area contributed by atoms with Crippen LogP contribution < -0.4 is 4.72 Å². The van der Waals surface area contributed by atoms with Gasteiger partial charge in [-0.25, -0.2) is 0 Å². The summed E-state index contributed by atoms with van der Waals surface area (Å²) in [5.74, 6) is 0.591. The molecule has 0 amide bonds. The Labute approximate surface area is 107 Å². The molecule has 0 saturated carbocycles. The van der Waals surface area contributed by atoms with Crippen molar-refractivity contribution in [3.8, 4) is 0 Å². The van der Waals surface area contributed by atoms with Crippen LogP contribution in [0.2, 0.25) is 0 Å². The summed E-state index contributed by atoms with van der Waals surface area (Å²) >= 11 is 0. The molecule has 0 spiro atoms. The van der Waals surface area contributed by atoms with Crippen molar-refractivity contribution < 1.29 is 17.6 Å². The lowest BCUT2D eigenvalue weighted by molar-refractivity contribution is -0.0444. The van der Waals surface area contributed by atoms with Gasteiger partial charge < -0.3 is 9.15 Å². The van der Waals surface area contributed by atoms with Gasteiger partial charge in [0.25, 0.3) is 10.2 Å². The normalized spacial score (nSPS) is 26.3. The van der Waals surface area contributed by atoms with E-state index in [1.165, 1.54) is 10.6 Å². The molecule has 0 aromatic carbocycles. The third-order valence-electron chi connectivity index (χ3n) is 2.73. The molecule has 2 rings (SSSR count). The lowest BCUT2D eigenvalue weighted by Crippen LogP contribution is -2.51. The maximum atomic E-state index is 12.1. The second-order valence-corrected chi connectivity index (χ2v) is 6.24. The molecule has 102 valence electrons. The van der Waals surface area contributed by atoms with E-state index in [-0.39, 0.29) is 18.8 Å². The maximum Gasteiger partial charge on any atom is 0.280 e. The van der Waals surface area contributed by atoms with Crippen LogP contribution in [0.4, 0.5) is 0 Å². The van der Waals surface area contributed by atoms with Crippen LogP contribution in [0.3, 0.4) is 0 Å². The van der Waals surface area contributed by atoms with Crippen LogP contribution in [0.15, 0.2) is 22.8 Å². The molecule has 1 aromatic heterocycles. The summed E-state index contributed by atoms with van der Waals surface area (Å²) in [7, 11) is -3.48. The second-order valence-electron chi connectivity index (χ2n) is 4.48. The van der Waals surface area contributed by atoms with Crippen LogP contribution in [-0.2, 0) is 21.5 Å². The Morgan fingerprint density at radius 3 is 2.61 bits per heavy atom. The van der Waals surface area contributed by atoms with Crippen molar-refractivity contribution in [1.29, 1.82) is 0 Å². The van der Waals surface area contributed by atoms with E-state index in [4.69, 9.17) is 9.15 Å². The van der Waals surface area contributed by atoms with Gasteiger partial charge >= 0.3 is 0 Å². The van der Waals surface area contributed by atoms with E-state index in [1.54, 1.807) is 12.1 Å². The molecule has 2 atom stereocenters. The molecule has 2 heterocycles. The SMILES string of the molecule is C[C@@H]1CN(S(=O)(=O)NCc2ccco2)C[C@H](C)O1. The maximum absolute atomic E-state index is 12.1. The van der Waals surface area contributed by atoms with E-state index >= 15 is 0 Å². The summed E-state index contributed by atoms with van der Waals surface area (Å²) in [6, 6.07) is 3.45. The summed E-state index contributed by atoms with van der Waals surface area (Å²) in [6.45, 7) is 4.64. The van der Waals surface area contributed by atoms with E-state index in [0.717, 1.165) is 0 Å². The number of hydrogen-bond donors (Lipinski definition) is 1. The Morgan fingerprint density at radius 2 is 2.06 bits per heavy atom. The number of morpholine rings is 1. The Hall–Kier alpha value is -0.890. The molecule has 7 heteroatoms. The molecule has 1 fully saturated rings. The minimum Gasteiger partial charge on any atom is -0.468 e. The minimum absolute atomic E-state index is 0.0889. The van der Waals surface area contributed by atoms with Crippen molar-refractivity contribution in [2.45, 2.75) is 32.6 Å². The third kappa shape index (κ3) is 3.32. The topological polar surface area (TPSA) is 71.8 Å². The summed E-state index contributed by atoms with van der Waals surface area (Å²) in [5, 5.41) is 0. The molecular weight excluding hydrogens is 256 g/mol. The number of ether oxygens (including phenoxy) is 1. The average Bonchev–Trinajstić information content (AvgIpc) is 2.78. The molecule has 0 unspecified atom stereocenters. The molecule has 1 aromatic rings. The smallest absolute Gasteiger partial charge is 0.280 e. The summed E-state index contributed by atoms with van der Waals surface area (Å²) < 4.78 is 38.7. The van der Waals surface area contributed by atoms with Crippen molar-refractivity contribution in [2.75, 3.05) is 13.1 Å². The zero-order valence-electron chi connectivity index (χ0n) is 10.5. The van der Waals surface area contributed by atoms with Gasteiger partial charge in [0.1, 0.15) is 5.76 Å². The van der Waals surface area contributed by atoms with Crippen LogP contribution in [0, 0.1) is 0 Å². The highest BCUT2D eigenvalue weighted by Gasteiger charge is 2.30. The predicted molar refractivity (Wildman–Crippen MR) is 66.0 cm³/mol. The van der Waals surface area contributed by atoms with Crippen LogP contribution in [0.5, 0.6) is 0 Å². The predicted octanol–water partition coefficient (Wildman–Crippen LogP) is 0.723. The molecule has 1 saturated heterocycles. The van der Waals surface area contributed by atoms with Gasteiger partial charge in [-0.15, -0.1) is 0 Å². The number of nitrogens with one attached hydrogen (secondary N) is 1. The first-order valence-corrected chi connectivity index (χ1v) is 7.34. The van der Waals surface area contributed by atoms with E-state index in [2.05, 4.69) is 4.72 Å². The Balaban J connectivity index is 1.97. The van der Waals surface area contributed by atoms with Crippen molar-refractivity contribution in [2.24, 2.45) is 0 Å². The molecule has 18 heavy (non-hydrogen) atoms. The Bertz CT molecular complexity index is 461. The van der Waals surface area contributed by atoms with E-state index < -0.39 is 10.2 Å². The lowest BCUT2D eigenvalue weighted by atomic mass is 10.3. The van der Waals surface area contributed by atoms with Crippen molar-refractivity contribution in [3.05, 3.63) is 24.2 Å². The standard InChI is InChI=1S/C11H18N2O4S/c1-9-7-13(8-10(2)17-9)18(14,15)12-6-11-4-3-5-16-11/h3-5,9-10,12H,6-8H2,1-2H3/t9-,10+. The number of furan rings is 1. The van der Waals surface area contributed by atoms with Gasteiger partial charge in [0.05, 0.1) is 25.0 Å². The average molecular weight is 274 g/mol. The monoisotopic (exact) mass is 274 g/mol. The van der Waals surface area contributed by atoms with Crippen LogP contribution in [0.25, 0.3) is 0 Å². The first-order chi connectivity index (χ1) is 8.47. The summed E-state index contributed by atoms with van der Waals surface area (Å²) in [4.78, 5) is 0. The zero-order chi connectivity index (χ0) is 13.2. The highest BCUT2D eigenvalue weighted by Crippen LogP contribution is 2.13. The van der Waals surface area contributed by atoms with Crippen LogP contribution in [0.1, 0.15) is 19.6 Å². The van der Waals surface area contributed by atoms with Gasteiger partial charge in [-0.05, 0) is 26.0 Å². The molecule has 1 aliphatic rings. The molecule has 0 radical (unpaired) electrons. The van der Waals surface area contributed by atoms with Gasteiger partial charge in [0, 0.05) is 13.1 Å². The first-order valence-electron chi connectivity index (χ1n) is 5.90. The van der Waals surface area contributed by atoms with E-state index in [9.17, 15) is 8.42 Å². The minimum atomic E-state index is -3.48.